The van der Waals surface area contributed by atoms with E-state index in [4.69, 9.17) is 48.9 Å². The van der Waals surface area contributed by atoms with Crippen molar-refractivity contribution < 1.29 is 237 Å². The van der Waals surface area contributed by atoms with Gasteiger partial charge in [-0.2, -0.15) is 33.7 Å². The summed E-state index contributed by atoms with van der Waals surface area (Å²) in [6.45, 7) is -6.32. The minimum absolute atomic E-state index is 0. The van der Waals surface area contributed by atoms with Crippen molar-refractivity contribution in [1.82, 2.24) is 0 Å². The zero-order valence-corrected chi connectivity index (χ0v) is 66.1. The predicted molar refractivity (Wildman–Crippen MR) is 386 cm³/mol. The standard InChI is InChI=1S/C12H24O12S2.C12H25O9S.C11H22O11S2.C9H18O9S2.C8H16O8S2.CH3/c13-1-5(15)10(19)11(20)12(24-26(21,22)23)7(17)4-25-3-6(16)9(18)8(25)2-14;13-1-5(15)10(19)12(21)11(20)7(17)4-22-3-6(16)9(18)8(22)2-14;12-1-5(14)10(18)11(22-24(19,20)21)7(16)4-23-3-6(15)9(17)8(23)2-13;10-1-7(18-20(15,16)17)5(12)3-19-4-6(13)9(14)8(19)2-11;9-1-7-8(12)6(11)4-17(7)3-5(10)2-16-18(13,14)15;/h5-20H,1-4H2;5-21H,1-4H2;5-18H,1-4H2;5-14H,1-4H2;5-12H,1-4H2;1H3/q;+1;;;;-1/p+4/t5?,6-,7?,8-,9+,10?,11?,12?,25?;5?,6-,7?,8-,9+,10?,11?,12?,22?;5?,6-,7?,8-,9+,10?,11?,23?;5-,6-,7+,8-,9+,19?;5-,6+,7+,8-,17?;/m11110./s1. The van der Waals surface area contributed by atoms with Gasteiger partial charge in [-0.15, -0.1) is 0 Å². The predicted octanol–water partition coefficient (Wildman–Crippen LogP) is -22.6. The van der Waals surface area contributed by atoms with Crippen LogP contribution in [0.5, 0.6) is 0 Å². The molecule has 0 aromatic carbocycles. The second-order valence-electron chi connectivity index (χ2n) is 25.3. The van der Waals surface area contributed by atoms with E-state index < -0.39 is 347 Å². The summed E-state index contributed by atoms with van der Waals surface area (Å²) in [5.74, 6) is -0.195. The summed E-state index contributed by atoms with van der Waals surface area (Å²) < 4.78 is 136. The fraction of sp³-hybridized carbons (Fsp3) is 0.981. The maximum atomic E-state index is 11.0. The molecule has 668 valence electrons. The zero-order chi connectivity index (χ0) is 85.3. The first kappa shape index (κ1) is 111. The van der Waals surface area contributed by atoms with Crippen LogP contribution >= 0.6 is 0 Å². The van der Waals surface area contributed by atoms with Crippen LogP contribution in [0.15, 0.2) is 0 Å². The zero-order valence-electron chi connectivity index (χ0n) is 58.7. The molecule has 0 aromatic rings. The van der Waals surface area contributed by atoms with E-state index in [0.717, 1.165) is 0 Å². The number of hydrogen-bond donors (Lipinski definition) is 37. The fourth-order valence-corrected chi connectivity index (χ4v) is 26.4. The Morgan fingerprint density at radius 3 is 0.793 bits per heavy atom. The highest BCUT2D eigenvalue weighted by Crippen LogP contribution is 2.31. The van der Waals surface area contributed by atoms with Crippen LogP contribution in [0.2, 0.25) is 0 Å². The monoisotopic (exact) mass is 1820 g/mol. The Labute approximate surface area is 651 Å². The summed E-state index contributed by atoms with van der Waals surface area (Å²) in [6, 6.07) is 0. The van der Waals surface area contributed by atoms with Gasteiger partial charge in [-0.05, 0) is 0 Å². The normalized spacial score (nSPS) is 33.7. The van der Waals surface area contributed by atoms with E-state index in [2.05, 4.69) is 16.7 Å². The van der Waals surface area contributed by atoms with Gasteiger partial charge in [0.1, 0.15) is 222 Å². The third-order valence-corrected chi connectivity index (χ3v) is 33.2. The third-order valence-electron chi connectivity index (χ3n) is 17.1. The quantitative estimate of drug-likeness (QED) is 0.0154. The van der Waals surface area contributed by atoms with Crippen LogP contribution in [0, 0.1) is 7.43 Å². The van der Waals surface area contributed by atoms with Crippen molar-refractivity contribution >= 4 is 96.1 Å². The molecule has 0 bridgehead atoms. The Morgan fingerprint density at radius 1 is 0.288 bits per heavy atom. The van der Waals surface area contributed by atoms with Crippen molar-refractivity contribution in [3.05, 3.63) is 7.43 Å². The Bertz CT molecular complexity index is 3010. The number of aliphatic hydroxyl groups excluding tert-OH is 33. The van der Waals surface area contributed by atoms with Gasteiger partial charge in [0, 0.05) is 54.5 Å². The summed E-state index contributed by atoms with van der Waals surface area (Å²) >= 11 is 0. The molecule has 0 amide bonds. The summed E-state index contributed by atoms with van der Waals surface area (Å²) in [6.07, 6.45) is -41.7. The maximum Gasteiger partial charge on any atom is 0.397 e. The van der Waals surface area contributed by atoms with Crippen LogP contribution in [0.3, 0.4) is 0 Å². The molecule has 0 aromatic heterocycles. The van der Waals surface area contributed by atoms with Crippen LogP contribution in [0.4, 0.5) is 0 Å². The van der Waals surface area contributed by atoms with Crippen molar-refractivity contribution in [2.24, 2.45) is 0 Å². The van der Waals surface area contributed by atoms with Crippen molar-refractivity contribution in [1.29, 1.82) is 0 Å². The van der Waals surface area contributed by atoms with Gasteiger partial charge in [-0.25, -0.2) is 16.7 Å². The van der Waals surface area contributed by atoms with E-state index in [1.807, 2.05) is 0 Å². The Kier molecular flexibility index (Phi) is 51.6. The molecule has 5 aliphatic heterocycles. The van der Waals surface area contributed by atoms with Gasteiger partial charge in [-0.1, -0.05) is 0 Å². The van der Waals surface area contributed by atoms with E-state index in [9.17, 15) is 172 Å². The summed E-state index contributed by atoms with van der Waals surface area (Å²) in [5, 5.41) is 310. The molecule has 0 aliphatic carbocycles. The molecule has 0 spiro atoms. The molecule has 37 atom stereocenters. The Hall–Kier alpha value is -0.0900. The van der Waals surface area contributed by atoms with Gasteiger partial charge < -0.3 is 176 Å². The van der Waals surface area contributed by atoms with E-state index >= 15 is 0 Å². The van der Waals surface area contributed by atoms with E-state index in [0.29, 0.717) is 0 Å². The lowest BCUT2D eigenvalue weighted by Crippen LogP contribution is -2.53. The van der Waals surface area contributed by atoms with Gasteiger partial charge in [-0.3, -0.25) is 18.2 Å². The van der Waals surface area contributed by atoms with Gasteiger partial charge in [0.25, 0.3) is 0 Å². The van der Waals surface area contributed by atoms with Crippen LogP contribution in [0.1, 0.15) is 0 Å². The van der Waals surface area contributed by atoms with Crippen molar-refractivity contribution in [3.8, 4) is 0 Å². The number of aliphatic hydroxyl groups is 33. The SMILES string of the molecule is O=S(=O)(O)OC(C(O)C[S+]1C[C@@H](O)[C@H](O)[C@H]1CO)C(O)C(O)C(O)CO.O=S(=O)(O)OC(C(O)C[S+]1C[C@@H](O)[C@H](O)[C@H]1CO)C(O)C(O)CO.O=S(=O)(O)OC[C@H](O)C[S+]1C[C@@H](O)[C@H](O)[C@H]1CO.O=S(=O)(O)O[C@@H](CO)[C@H](O)C[S+]1C[C@@H](O)[C@H](O)[C@H]1CO.OCC(O)C(O)C(O)C(O)C(O)C[S+]1C[C@@H](O)[C@H](O)[C@H]1CO.[CH3-]. The maximum absolute atomic E-state index is 11.0. The van der Waals surface area contributed by atoms with Crippen molar-refractivity contribution in [2.45, 2.75) is 191 Å². The number of hydrogen-bond acceptors (Lipinski definition) is 45. The average molecular weight is 1820 g/mol. The van der Waals surface area contributed by atoms with E-state index in [1.54, 1.807) is 0 Å². The summed E-state index contributed by atoms with van der Waals surface area (Å²) in [7, 11) is -23.8. The van der Waals surface area contributed by atoms with Crippen LogP contribution in [-0.2, 0) is 113 Å². The molecule has 49 nitrogen and oxygen atoms in total. The lowest BCUT2D eigenvalue weighted by Gasteiger charge is -2.30. The Balaban J connectivity index is 0.00000137. The molecule has 5 rings (SSSR count). The van der Waals surface area contributed by atoms with Gasteiger partial charge >= 0.3 is 41.6 Å². The minimum atomic E-state index is -5.17. The van der Waals surface area contributed by atoms with Crippen LogP contribution in [-0.4, -0.2) is 535 Å². The first-order valence-electron chi connectivity index (χ1n) is 32.3. The highest BCUT2D eigenvalue weighted by atomic mass is 32.3. The second-order valence-corrected chi connectivity index (χ2v) is 41.3. The first-order valence-corrected chi connectivity index (χ1v) is 45.9. The fourth-order valence-electron chi connectivity index (χ4n) is 11.2. The van der Waals surface area contributed by atoms with Crippen LogP contribution < -0.4 is 0 Å². The molecule has 19 unspecified atom stereocenters. The molecule has 37 N–H and O–H groups in total. The van der Waals surface area contributed by atoms with Crippen molar-refractivity contribution in [2.75, 3.05) is 124 Å². The number of rotatable bonds is 40. The van der Waals surface area contributed by atoms with Gasteiger partial charge in [0.05, 0.1) is 66.1 Å². The molecule has 5 heterocycles. The smallest absolute Gasteiger partial charge is 0.394 e. The van der Waals surface area contributed by atoms with Gasteiger partial charge in [0.15, 0.2) is 26.2 Å². The molecule has 0 radical (unpaired) electrons. The molecular weight excluding hydrogens is 1710 g/mol. The molecule has 5 fully saturated rings. The lowest BCUT2D eigenvalue weighted by atomic mass is 10.0. The summed E-state index contributed by atoms with van der Waals surface area (Å²) in [4.78, 5) is 0. The topological polar surface area (TPSA) is 922 Å². The van der Waals surface area contributed by atoms with Gasteiger partial charge in [0.2, 0.25) is 0 Å². The minimum Gasteiger partial charge on any atom is -0.394 e. The molecule has 5 aliphatic rings. The molecule has 0 saturated carbocycles. The molecule has 111 heavy (non-hydrogen) atoms. The van der Waals surface area contributed by atoms with E-state index in [1.165, 1.54) is 0 Å². The largest absolute Gasteiger partial charge is 0.397 e. The first-order chi connectivity index (χ1) is 50.6. The second kappa shape index (κ2) is 51.6. The third kappa shape index (κ3) is 36.6. The van der Waals surface area contributed by atoms with Crippen LogP contribution in [0.25, 0.3) is 0 Å². The highest BCUT2D eigenvalue weighted by Gasteiger charge is 2.56. The van der Waals surface area contributed by atoms with Crippen molar-refractivity contribution in [3.63, 3.8) is 0 Å². The Morgan fingerprint density at radius 2 is 0.532 bits per heavy atom. The molecular formula is C53H112O49S9+4. The molecule has 5 saturated heterocycles. The summed E-state index contributed by atoms with van der Waals surface area (Å²) in [5.41, 5.74) is 0. The lowest BCUT2D eigenvalue weighted by molar-refractivity contribution is -0.136. The van der Waals surface area contributed by atoms with E-state index in [-0.39, 0.29) is 71.6 Å². The molecule has 58 heteroatoms. The highest BCUT2D eigenvalue weighted by molar-refractivity contribution is 7.99. The average Bonchev–Trinajstić information content (AvgIpc) is 1.77.